The molecule has 3 heterocycles. The predicted octanol–water partition coefficient (Wildman–Crippen LogP) is 2.17. The fourth-order valence-corrected chi connectivity index (χ4v) is 4.13. The van der Waals surface area contributed by atoms with Crippen molar-refractivity contribution in [2.45, 2.75) is 31.3 Å². The molecule has 2 unspecified atom stereocenters. The lowest BCUT2D eigenvalue weighted by atomic mass is 10.1. The first-order valence-corrected chi connectivity index (χ1v) is 8.34. The molecule has 0 bridgehead atoms. The van der Waals surface area contributed by atoms with E-state index in [1.165, 1.54) is 43.7 Å². The molecule has 0 radical (unpaired) electrons. The molecule has 0 amide bonds. The van der Waals surface area contributed by atoms with Gasteiger partial charge in [-0.05, 0) is 37.9 Å². The Morgan fingerprint density at radius 2 is 1.86 bits per heavy atom. The third-order valence-corrected chi connectivity index (χ3v) is 5.20. The molecule has 3 saturated heterocycles. The maximum absolute atomic E-state index is 5.48. The van der Waals surface area contributed by atoms with Gasteiger partial charge in [-0.1, -0.05) is 12.1 Å². The van der Waals surface area contributed by atoms with Gasteiger partial charge in [0.05, 0.1) is 24.6 Å². The van der Waals surface area contributed by atoms with E-state index in [2.05, 4.69) is 39.4 Å². The minimum absolute atomic E-state index is 0.620. The van der Waals surface area contributed by atoms with Crippen LogP contribution in [0.3, 0.4) is 0 Å². The van der Waals surface area contributed by atoms with Crippen LogP contribution in [-0.2, 0) is 4.74 Å². The highest BCUT2D eigenvalue weighted by atomic mass is 16.5. The number of rotatable bonds is 3. The molecule has 114 valence electrons. The van der Waals surface area contributed by atoms with Gasteiger partial charge in [0.15, 0.2) is 0 Å². The highest BCUT2D eigenvalue weighted by molar-refractivity contribution is 5.70. The lowest BCUT2D eigenvalue weighted by Gasteiger charge is -2.32. The van der Waals surface area contributed by atoms with Crippen LogP contribution in [-0.4, -0.2) is 56.4 Å². The molecule has 4 rings (SSSR count). The van der Waals surface area contributed by atoms with Crippen molar-refractivity contribution in [2.24, 2.45) is 0 Å². The Balaban J connectivity index is 1.52. The number of hydrogen-bond donors (Lipinski definition) is 1. The quantitative estimate of drug-likeness (QED) is 0.922. The van der Waals surface area contributed by atoms with E-state index in [9.17, 15) is 0 Å². The zero-order valence-corrected chi connectivity index (χ0v) is 12.6. The van der Waals surface area contributed by atoms with Crippen LogP contribution in [0.25, 0.3) is 0 Å². The van der Waals surface area contributed by atoms with E-state index >= 15 is 0 Å². The average molecular weight is 287 g/mol. The molecule has 3 fully saturated rings. The van der Waals surface area contributed by atoms with Gasteiger partial charge in [0, 0.05) is 31.7 Å². The second-order valence-electron chi connectivity index (χ2n) is 6.40. The van der Waals surface area contributed by atoms with Crippen molar-refractivity contribution in [3.05, 3.63) is 24.3 Å². The molecule has 4 nitrogen and oxygen atoms in total. The lowest BCUT2D eigenvalue weighted by Crippen LogP contribution is -2.38. The fraction of sp³-hybridized carbons (Fsp3) is 0.647. The van der Waals surface area contributed by atoms with Gasteiger partial charge < -0.3 is 15.0 Å². The molecule has 0 aliphatic carbocycles. The second-order valence-corrected chi connectivity index (χ2v) is 6.40. The van der Waals surface area contributed by atoms with E-state index in [1.807, 2.05) is 0 Å². The van der Waals surface area contributed by atoms with E-state index in [0.717, 1.165) is 32.3 Å². The Bertz CT molecular complexity index is 487. The number of anilines is 2. The fourth-order valence-electron chi connectivity index (χ4n) is 4.13. The Labute approximate surface area is 127 Å². The Morgan fingerprint density at radius 1 is 1.00 bits per heavy atom. The maximum atomic E-state index is 5.48. The number of nitrogens with zero attached hydrogens (tertiary/aromatic N) is 2. The summed E-state index contributed by atoms with van der Waals surface area (Å²) in [4.78, 5) is 5.11. The lowest BCUT2D eigenvalue weighted by molar-refractivity contribution is 0.123. The number of hydrogen-bond acceptors (Lipinski definition) is 4. The van der Waals surface area contributed by atoms with Crippen LogP contribution in [0.1, 0.15) is 19.3 Å². The molecule has 0 saturated carbocycles. The summed E-state index contributed by atoms with van der Waals surface area (Å²) >= 11 is 0. The standard InChI is InChI=1S/C17H25N3O/c1-2-5-16(20-10-12-21-13-11-20)14(4-1)18-15-7-9-19-8-3-6-17(15)19/h1-2,4-5,15,17-18H,3,6-13H2. The molecule has 21 heavy (non-hydrogen) atoms. The average Bonchev–Trinajstić information content (AvgIpc) is 3.14. The molecule has 0 aromatic heterocycles. The number of para-hydroxylation sites is 2. The number of ether oxygens (including phenoxy) is 1. The van der Waals surface area contributed by atoms with Crippen LogP contribution < -0.4 is 10.2 Å². The third-order valence-electron chi connectivity index (χ3n) is 5.20. The highest BCUT2D eigenvalue weighted by Crippen LogP contribution is 2.33. The van der Waals surface area contributed by atoms with Crippen molar-refractivity contribution >= 4 is 11.4 Å². The molecule has 1 aromatic rings. The number of nitrogens with one attached hydrogen (secondary N) is 1. The number of morpholine rings is 1. The van der Waals surface area contributed by atoms with Crippen LogP contribution in [0.5, 0.6) is 0 Å². The Kier molecular flexibility index (Phi) is 3.74. The SMILES string of the molecule is c1ccc(N2CCOCC2)c(NC2CCN3CCCC23)c1. The minimum Gasteiger partial charge on any atom is -0.379 e. The molecule has 3 aliphatic rings. The smallest absolute Gasteiger partial charge is 0.0642 e. The summed E-state index contributed by atoms with van der Waals surface area (Å²) in [5, 5.41) is 3.85. The van der Waals surface area contributed by atoms with Gasteiger partial charge in [-0.2, -0.15) is 0 Å². The molecular formula is C17H25N3O. The van der Waals surface area contributed by atoms with Crippen molar-refractivity contribution in [3.63, 3.8) is 0 Å². The monoisotopic (exact) mass is 287 g/mol. The van der Waals surface area contributed by atoms with Crippen molar-refractivity contribution in [1.29, 1.82) is 0 Å². The largest absolute Gasteiger partial charge is 0.379 e. The molecule has 2 atom stereocenters. The maximum Gasteiger partial charge on any atom is 0.0642 e. The van der Waals surface area contributed by atoms with Crippen LogP contribution >= 0.6 is 0 Å². The van der Waals surface area contributed by atoms with Crippen LogP contribution in [0.15, 0.2) is 24.3 Å². The molecule has 3 aliphatic heterocycles. The van der Waals surface area contributed by atoms with Gasteiger partial charge in [0.2, 0.25) is 0 Å². The summed E-state index contributed by atoms with van der Waals surface area (Å²) in [7, 11) is 0. The van der Waals surface area contributed by atoms with Gasteiger partial charge in [-0.15, -0.1) is 0 Å². The Hall–Kier alpha value is -1.26. The molecule has 1 aromatic carbocycles. The summed E-state index contributed by atoms with van der Waals surface area (Å²) in [6.45, 7) is 6.25. The third kappa shape index (κ3) is 2.62. The van der Waals surface area contributed by atoms with Crippen molar-refractivity contribution in [3.8, 4) is 0 Å². The zero-order chi connectivity index (χ0) is 14.1. The van der Waals surface area contributed by atoms with Crippen molar-refractivity contribution < 1.29 is 4.74 Å². The first-order chi connectivity index (χ1) is 10.4. The summed E-state index contributed by atoms with van der Waals surface area (Å²) in [5.41, 5.74) is 2.65. The van der Waals surface area contributed by atoms with Crippen molar-refractivity contribution in [2.75, 3.05) is 49.6 Å². The predicted molar refractivity (Wildman–Crippen MR) is 86.1 cm³/mol. The van der Waals surface area contributed by atoms with E-state index in [4.69, 9.17) is 4.74 Å². The molecule has 0 spiro atoms. The van der Waals surface area contributed by atoms with Crippen LogP contribution in [0, 0.1) is 0 Å². The topological polar surface area (TPSA) is 27.7 Å². The summed E-state index contributed by atoms with van der Waals surface area (Å²) in [6.07, 6.45) is 4.01. The van der Waals surface area contributed by atoms with E-state index in [1.54, 1.807) is 0 Å². The first kappa shape index (κ1) is 13.4. The van der Waals surface area contributed by atoms with Gasteiger partial charge in [0.1, 0.15) is 0 Å². The van der Waals surface area contributed by atoms with E-state index < -0.39 is 0 Å². The second kappa shape index (κ2) is 5.85. The van der Waals surface area contributed by atoms with E-state index in [-0.39, 0.29) is 0 Å². The van der Waals surface area contributed by atoms with Crippen molar-refractivity contribution in [1.82, 2.24) is 4.90 Å². The van der Waals surface area contributed by atoms with Gasteiger partial charge >= 0.3 is 0 Å². The number of fused-ring (bicyclic) bond motifs is 1. The number of benzene rings is 1. The summed E-state index contributed by atoms with van der Waals surface area (Å²) in [6, 6.07) is 10.1. The van der Waals surface area contributed by atoms with Gasteiger partial charge in [-0.3, -0.25) is 4.90 Å². The zero-order valence-electron chi connectivity index (χ0n) is 12.6. The minimum atomic E-state index is 0.620. The van der Waals surface area contributed by atoms with Gasteiger partial charge in [0.25, 0.3) is 0 Å². The molecule has 4 heteroatoms. The molecular weight excluding hydrogens is 262 g/mol. The Morgan fingerprint density at radius 3 is 2.76 bits per heavy atom. The summed E-state index contributed by atoms with van der Waals surface area (Å²) in [5.74, 6) is 0. The molecule has 1 N–H and O–H groups in total. The van der Waals surface area contributed by atoms with Crippen LogP contribution in [0.4, 0.5) is 11.4 Å². The van der Waals surface area contributed by atoms with Gasteiger partial charge in [-0.25, -0.2) is 0 Å². The highest BCUT2D eigenvalue weighted by Gasteiger charge is 2.37. The summed E-state index contributed by atoms with van der Waals surface area (Å²) < 4.78 is 5.48. The first-order valence-electron chi connectivity index (χ1n) is 8.34. The normalized spacial score (nSPS) is 29.6. The van der Waals surface area contributed by atoms with E-state index in [0.29, 0.717) is 6.04 Å². The van der Waals surface area contributed by atoms with Crippen LogP contribution in [0.2, 0.25) is 0 Å².